The minimum Gasteiger partial charge on any atom is -0.462 e. The summed E-state index contributed by atoms with van der Waals surface area (Å²) in [4.78, 5) is 23.7. The van der Waals surface area contributed by atoms with Crippen molar-refractivity contribution in [1.82, 2.24) is 0 Å². The zero-order valence-electron chi connectivity index (χ0n) is 16.3. The number of carbonyl (C=O) groups is 2. The van der Waals surface area contributed by atoms with E-state index in [0.717, 1.165) is 31.1 Å². The maximum absolute atomic E-state index is 12.2. The van der Waals surface area contributed by atoms with Gasteiger partial charge in [0.15, 0.2) is 0 Å². The number of carbonyl (C=O) groups excluding carboxylic acids is 2. The van der Waals surface area contributed by atoms with Gasteiger partial charge in [0.05, 0.1) is 0 Å². The Kier molecular flexibility index (Phi) is 4.09. The number of fused-ring (bicyclic) bond motifs is 5. The molecule has 0 spiro atoms. The highest BCUT2D eigenvalue weighted by Crippen LogP contribution is 2.67. The first-order valence-corrected chi connectivity index (χ1v) is 10.5. The molecule has 0 aromatic carbocycles. The third-order valence-electron chi connectivity index (χ3n) is 9.26. The molecule has 0 aliphatic heterocycles. The van der Waals surface area contributed by atoms with E-state index in [4.69, 9.17) is 4.74 Å². The SMILES string of the molecule is CC(=O)OC1CCC2C3CCC4CC(=O)CC(C)C4(C)C3CCC12C. The molecule has 4 aliphatic rings. The highest BCUT2D eigenvalue weighted by atomic mass is 16.5. The van der Waals surface area contributed by atoms with Gasteiger partial charge in [0.1, 0.15) is 11.9 Å². The smallest absolute Gasteiger partial charge is 0.302 e. The van der Waals surface area contributed by atoms with Crippen LogP contribution in [0.3, 0.4) is 0 Å². The molecule has 4 fully saturated rings. The van der Waals surface area contributed by atoms with Crippen LogP contribution < -0.4 is 0 Å². The summed E-state index contributed by atoms with van der Waals surface area (Å²) >= 11 is 0. The molecule has 0 aromatic heterocycles. The van der Waals surface area contributed by atoms with Crippen LogP contribution in [0.15, 0.2) is 0 Å². The number of hydrogen-bond donors (Lipinski definition) is 0. The quantitative estimate of drug-likeness (QED) is 0.642. The molecule has 140 valence electrons. The van der Waals surface area contributed by atoms with Gasteiger partial charge in [-0.3, -0.25) is 9.59 Å². The van der Waals surface area contributed by atoms with Gasteiger partial charge in [-0.15, -0.1) is 0 Å². The van der Waals surface area contributed by atoms with Crippen LogP contribution in [0.1, 0.15) is 79.1 Å². The van der Waals surface area contributed by atoms with E-state index in [1.165, 1.54) is 32.1 Å². The van der Waals surface area contributed by atoms with Crippen LogP contribution in [0.2, 0.25) is 0 Å². The van der Waals surface area contributed by atoms with E-state index in [2.05, 4.69) is 20.8 Å². The molecule has 0 N–H and O–H groups in total. The summed E-state index contributed by atoms with van der Waals surface area (Å²) in [5.41, 5.74) is 0.501. The van der Waals surface area contributed by atoms with Crippen molar-refractivity contribution in [3.63, 3.8) is 0 Å². The van der Waals surface area contributed by atoms with Crippen LogP contribution in [0.4, 0.5) is 0 Å². The lowest BCUT2D eigenvalue weighted by atomic mass is 9.43. The minimum atomic E-state index is -0.121. The van der Waals surface area contributed by atoms with Crippen LogP contribution in [0.5, 0.6) is 0 Å². The molecular formula is C22H34O3. The average molecular weight is 347 g/mol. The molecule has 25 heavy (non-hydrogen) atoms. The average Bonchev–Trinajstić information content (AvgIpc) is 2.85. The summed E-state index contributed by atoms with van der Waals surface area (Å²) in [5.74, 6) is 3.69. The Bertz CT molecular complexity index is 584. The topological polar surface area (TPSA) is 43.4 Å². The van der Waals surface area contributed by atoms with Crippen molar-refractivity contribution in [3.8, 4) is 0 Å². The van der Waals surface area contributed by atoms with E-state index in [0.29, 0.717) is 29.0 Å². The van der Waals surface area contributed by atoms with Crippen LogP contribution in [-0.2, 0) is 14.3 Å². The molecule has 0 radical (unpaired) electrons. The monoisotopic (exact) mass is 346 g/mol. The highest BCUT2D eigenvalue weighted by Gasteiger charge is 2.62. The molecule has 0 bridgehead atoms. The summed E-state index contributed by atoms with van der Waals surface area (Å²) in [6, 6.07) is 0. The lowest BCUT2D eigenvalue weighted by Gasteiger charge is -2.62. The number of esters is 1. The Morgan fingerprint density at radius 1 is 1.04 bits per heavy atom. The van der Waals surface area contributed by atoms with E-state index in [9.17, 15) is 9.59 Å². The molecule has 3 heteroatoms. The van der Waals surface area contributed by atoms with Gasteiger partial charge in [0.2, 0.25) is 0 Å². The molecule has 0 saturated heterocycles. The summed E-state index contributed by atoms with van der Waals surface area (Å²) in [6.45, 7) is 8.77. The van der Waals surface area contributed by atoms with Crippen molar-refractivity contribution in [2.75, 3.05) is 0 Å². The van der Waals surface area contributed by atoms with Gasteiger partial charge in [0, 0.05) is 25.2 Å². The van der Waals surface area contributed by atoms with Crippen molar-refractivity contribution in [2.45, 2.75) is 85.2 Å². The van der Waals surface area contributed by atoms with E-state index in [1.807, 2.05) is 0 Å². The molecule has 4 rings (SSSR count). The second-order valence-electron chi connectivity index (χ2n) is 10.1. The molecular weight excluding hydrogens is 312 g/mol. The van der Waals surface area contributed by atoms with Crippen LogP contribution in [0.25, 0.3) is 0 Å². The highest BCUT2D eigenvalue weighted by molar-refractivity contribution is 5.80. The zero-order chi connectivity index (χ0) is 18.0. The maximum atomic E-state index is 12.2. The van der Waals surface area contributed by atoms with Crippen LogP contribution in [0, 0.1) is 40.4 Å². The predicted molar refractivity (Wildman–Crippen MR) is 96.8 cm³/mol. The molecule has 0 heterocycles. The Hall–Kier alpha value is -0.860. The number of hydrogen-bond acceptors (Lipinski definition) is 3. The standard InChI is InChI=1S/C22H34O3/c1-13-11-16(24)12-15-5-6-17-18-7-8-20(25-14(2)23)21(18,3)10-9-19(17)22(13,15)4/h13,15,17-20H,5-12H2,1-4H3. The van der Waals surface area contributed by atoms with E-state index >= 15 is 0 Å². The van der Waals surface area contributed by atoms with E-state index in [1.54, 1.807) is 6.92 Å². The van der Waals surface area contributed by atoms with Gasteiger partial charge in [0.25, 0.3) is 0 Å². The molecule has 0 amide bonds. The second kappa shape index (κ2) is 5.82. The number of rotatable bonds is 1. The van der Waals surface area contributed by atoms with Crippen LogP contribution in [-0.4, -0.2) is 17.9 Å². The fourth-order valence-electron chi connectivity index (χ4n) is 7.82. The van der Waals surface area contributed by atoms with Crippen molar-refractivity contribution in [2.24, 2.45) is 40.4 Å². The molecule has 0 aromatic rings. The normalized spacial score (nSPS) is 52.1. The molecule has 4 aliphatic carbocycles. The summed E-state index contributed by atoms with van der Waals surface area (Å²) in [5, 5.41) is 0. The fourth-order valence-corrected chi connectivity index (χ4v) is 7.82. The molecule has 3 nitrogen and oxygen atoms in total. The van der Waals surface area contributed by atoms with Gasteiger partial charge in [-0.05, 0) is 73.5 Å². The van der Waals surface area contributed by atoms with Gasteiger partial charge in [-0.2, -0.15) is 0 Å². The Labute approximate surface area is 152 Å². The first kappa shape index (κ1) is 17.5. The molecule has 8 atom stereocenters. The third kappa shape index (κ3) is 2.44. The first-order chi connectivity index (χ1) is 11.8. The van der Waals surface area contributed by atoms with Gasteiger partial charge < -0.3 is 4.74 Å². The second-order valence-corrected chi connectivity index (χ2v) is 10.1. The van der Waals surface area contributed by atoms with Crippen molar-refractivity contribution >= 4 is 11.8 Å². The summed E-state index contributed by atoms with van der Waals surface area (Å²) in [6.07, 6.45) is 8.90. The lowest BCUT2D eigenvalue weighted by Crippen LogP contribution is -2.56. The Morgan fingerprint density at radius 3 is 2.52 bits per heavy atom. The predicted octanol–water partition coefficient (Wildman–Crippen LogP) is 4.78. The first-order valence-electron chi connectivity index (χ1n) is 10.5. The fraction of sp³-hybridized carbons (Fsp3) is 0.909. The number of ether oxygens (including phenoxy) is 1. The summed E-state index contributed by atoms with van der Waals surface area (Å²) in [7, 11) is 0. The number of Topliss-reactive ketones (excluding diaryl/α,β-unsaturated/α-hetero) is 1. The number of ketones is 1. The largest absolute Gasteiger partial charge is 0.462 e. The van der Waals surface area contributed by atoms with Crippen LogP contribution >= 0.6 is 0 Å². The van der Waals surface area contributed by atoms with Crippen molar-refractivity contribution < 1.29 is 14.3 Å². The van der Waals surface area contributed by atoms with Gasteiger partial charge in [-0.1, -0.05) is 20.8 Å². The van der Waals surface area contributed by atoms with E-state index < -0.39 is 0 Å². The molecule has 4 saturated carbocycles. The summed E-state index contributed by atoms with van der Waals surface area (Å²) < 4.78 is 5.75. The zero-order valence-corrected chi connectivity index (χ0v) is 16.3. The van der Waals surface area contributed by atoms with Gasteiger partial charge >= 0.3 is 5.97 Å². The van der Waals surface area contributed by atoms with Crippen molar-refractivity contribution in [3.05, 3.63) is 0 Å². The minimum absolute atomic E-state index is 0.117. The maximum Gasteiger partial charge on any atom is 0.302 e. The van der Waals surface area contributed by atoms with E-state index in [-0.39, 0.29) is 17.5 Å². The lowest BCUT2D eigenvalue weighted by molar-refractivity contribution is -0.167. The Balaban J connectivity index is 1.61. The third-order valence-corrected chi connectivity index (χ3v) is 9.26. The molecule has 8 unspecified atom stereocenters. The van der Waals surface area contributed by atoms with Gasteiger partial charge in [-0.25, -0.2) is 0 Å². The Morgan fingerprint density at radius 2 is 1.80 bits per heavy atom. The van der Waals surface area contributed by atoms with Crippen molar-refractivity contribution in [1.29, 1.82) is 0 Å².